The molecule has 0 aliphatic heterocycles. The molecule has 0 fully saturated rings. The second-order valence-corrected chi connectivity index (χ2v) is 6.99. The number of rotatable bonds is 4. The molecule has 3 aromatic rings. The van der Waals surface area contributed by atoms with E-state index in [2.05, 4.69) is 36.4 Å². The zero-order valence-corrected chi connectivity index (χ0v) is 14.4. The topological polar surface area (TPSA) is 52.0 Å². The predicted octanol–water partition coefficient (Wildman–Crippen LogP) is 4.43. The summed E-state index contributed by atoms with van der Waals surface area (Å²) in [7, 11) is 0. The quantitative estimate of drug-likeness (QED) is 0.697. The highest BCUT2D eigenvalue weighted by atomic mass is 35.5. The molecule has 120 valence electrons. The molecular formula is C20H23ClN2. The van der Waals surface area contributed by atoms with E-state index in [4.69, 9.17) is 23.1 Å². The van der Waals surface area contributed by atoms with Crippen molar-refractivity contribution in [3.8, 4) is 0 Å². The van der Waals surface area contributed by atoms with Gasteiger partial charge < -0.3 is 11.5 Å². The molecule has 0 amide bonds. The van der Waals surface area contributed by atoms with Crippen LogP contribution in [0.5, 0.6) is 0 Å². The van der Waals surface area contributed by atoms with Crippen LogP contribution in [0.2, 0.25) is 5.02 Å². The molecule has 0 heterocycles. The first-order valence-electron chi connectivity index (χ1n) is 8.10. The van der Waals surface area contributed by atoms with Crippen LogP contribution in [0.4, 0.5) is 0 Å². The summed E-state index contributed by atoms with van der Waals surface area (Å²) >= 11 is 6.28. The molecule has 0 spiro atoms. The predicted molar refractivity (Wildman–Crippen MR) is 101 cm³/mol. The fourth-order valence-corrected chi connectivity index (χ4v) is 3.58. The Balaban J connectivity index is 2.45. The fourth-order valence-electron chi connectivity index (χ4n) is 3.41. The van der Waals surface area contributed by atoms with Crippen molar-refractivity contribution in [1.82, 2.24) is 0 Å². The van der Waals surface area contributed by atoms with Crippen LogP contribution in [0.1, 0.15) is 25.0 Å². The standard InChI is InChI=1S/C20H23ClN2/c1-12(22)9-18-15-5-3-4-6-16(15)19(10-13(2)23)20-11-14(21)7-8-17(18)20/h3-8,11-13H,9-10,22-23H2,1-2H3. The van der Waals surface area contributed by atoms with E-state index in [1.54, 1.807) is 0 Å². The maximum absolute atomic E-state index is 6.28. The molecule has 2 atom stereocenters. The first-order chi connectivity index (χ1) is 11.0. The van der Waals surface area contributed by atoms with Gasteiger partial charge in [-0.15, -0.1) is 0 Å². The van der Waals surface area contributed by atoms with Gasteiger partial charge in [-0.3, -0.25) is 0 Å². The summed E-state index contributed by atoms with van der Waals surface area (Å²) in [5.41, 5.74) is 14.8. The summed E-state index contributed by atoms with van der Waals surface area (Å²) in [5, 5.41) is 5.72. The highest BCUT2D eigenvalue weighted by molar-refractivity contribution is 6.31. The molecule has 3 aromatic carbocycles. The Bertz CT molecular complexity index is 853. The van der Waals surface area contributed by atoms with Gasteiger partial charge in [0.1, 0.15) is 0 Å². The number of hydrogen-bond donors (Lipinski definition) is 2. The fraction of sp³-hybridized carbons (Fsp3) is 0.300. The van der Waals surface area contributed by atoms with Crippen LogP contribution in [0.25, 0.3) is 21.5 Å². The van der Waals surface area contributed by atoms with Crippen LogP contribution >= 0.6 is 11.6 Å². The van der Waals surface area contributed by atoms with Crippen molar-refractivity contribution < 1.29 is 0 Å². The molecule has 0 aromatic heterocycles. The molecule has 0 aliphatic carbocycles. The average Bonchev–Trinajstić information content (AvgIpc) is 2.49. The Morgan fingerprint density at radius 3 is 1.78 bits per heavy atom. The average molecular weight is 327 g/mol. The minimum atomic E-state index is 0.0971. The van der Waals surface area contributed by atoms with Crippen molar-refractivity contribution in [2.75, 3.05) is 0 Å². The van der Waals surface area contributed by atoms with Gasteiger partial charge in [0.05, 0.1) is 0 Å². The molecule has 3 heteroatoms. The van der Waals surface area contributed by atoms with Crippen molar-refractivity contribution >= 4 is 33.1 Å². The van der Waals surface area contributed by atoms with E-state index in [9.17, 15) is 0 Å². The summed E-state index contributed by atoms with van der Waals surface area (Å²) in [6.07, 6.45) is 1.67. The Hall–Kier alpha value is -1.61. The van der Waals surface area contributed by atoms with Crippen molar-refractivity contribution in [2.24, 2.45) is 11.5 Å². The maximum Gasteiger partial charge on any atom is 0.0412 e. The summed E-state index contributed by atoms with van der Waals surface area (Å²) in [4.78, 5) is 0. The highest BCUT2D eigenvalue weighted by Gasteiger charge is 2.15. The Morgan fingerprint density at radius 1 is 0.783 bits per heavy atom. The van der Waals surface area contributed by atoms with Crippen LogP contribution < -0.4 is 11.5 Å². The second kappa shape index (κ2) is 6.48. The smallest absolute Gasteiger partial charge is 0.0412 e. The van der Waals surface area contributed by atoms with E-state index >= 15 is 0 Å². The van der Waals surface area contributed by atoms with Crippen LogP contribution in [-0.2, 0) is 12.8 Å². The normalized spacial score (nSPS) is 14.3. The van der Waals surface area contributed by atoms with Crippen LogP contribution in [0.15, 0.2) is 42.5 Å². The number of fused-ring (bicyclic) bond motifs is 2. The van der Waals surface area contributed by atoms with Crippen molar-refractivity contribution in [3.63, 3.8) is 0 Å². The molecule has 4 N–H and O–H groups in total. The van der Waals surface area contributed by atoms with E-state index in [1.165, 1.54) is 32.7 Å². The van der Waals surface area contributed by atoms with Crippen LogP contribution in [0, 0.1) is 0 Å². The summed E-state index contributed by atoms with van der Waals surface area (Å²) in [5.74, 6) is 0. The summed E-state index contributed by atoms with van der Waals surface area (Å²) < 4.78 is 0. The second-order valence-electron chi connectivity index (χ2n) is 6.56. The molecule has 0 aliphatic rings. The van der Waals surface area contributed by atoms with Gasteiger partial charge >= 0.3 is 0 Å². The molecule has 23 heavy (non-hydrogen) atoms. The first kappa shape index (κ1) is 16.3. The Labute approximate surface area is 142 Å². The molecule has 0 saturated heterocycles. The molecule has 0 saturated carbocycles. The monoisotopic (exact) mass is 326 g/mol. The molecule has 3 rings (SSSR count). The SMILES string of the molecule is CC(N)Cc1c2ccccc2c(CC(C)N)c2cc(Cl)ccc12. The summed E-state index contributed by atoms with van der Waals surface area (Å²) in [6, 6.07) is 14.9. The third-order valence-corrected chi connectivity index (χ3v) is 4.50. The number of nitrogens with two attached hydrogens (primary N) is 2. The van der Waals surface area contributed by atoms with E-state index in [0.717, 1.165) is 17.9 Å². The zero-order valence-electron chi connectivity index (χ0n) is 13.6. The minimum Gasteiger partial charge on any atom is -0.328 e. The van der Waals surface area contributed by atoms with Gasteiger partial charge in [-0.2, -0.15) is 0 Å². The van der Waals surface area contributed by atoms with Crippen molar-refractivity contribution in [3.05, 3.63) is 58.6 Å². The molecule has 2 nitrogen and oxygen atoms in total. The molecule has 0 bridgehead atoms. The molecular weight excluding hydrogens is 304 g/mol. The lowest BCUT2D eigenvalue weighted by Crippen LogP contribution is -2.20. The third kappa shape index (κ3) is 3.20. The van der Waals surface area contributed by atoms with Gasteiger partial charge in [0, 0.05) is 17.1 Å². The number of halogens is 1. The third-order valence-electron chi connectivity index (χ3n) is 4.26. The van der Waals surface area contributed by atoms with E-state index < -0.39 is 0 Å². The Morgan fingerprint density at radius 2 is 1.26 bits per heavy atom. The maximum atomic E-state index is 6.28. The van der Waals surface area contributed by atoms with Gasteiger partial charge in [0.25, 0.3) is 0 Å². The Kier molecular flexibility index (Phi) is 4.58. The van der Waals surface area contributed by atoms with Crippen molar-refractivity contribution in [1.29, 1.82) is 0 Å². The van der Waals surface area contributed by atoms with Gasteiger partial charge in [0.15, 0.2) is 0 Å². The zero-order chi connectivity index (χ0) is 16.6. The minimum absolute atomic E-state index is 0.0971. The lowest BCUT2D eigenvalue weighted by Gasteiger charge is -2.19. The molecule has 0 radical (unpaired) electrons. The van der Waals surface area contributed by atoms with Gasteiger partial charge in [0.2, 0.25) is 0 Å². The van der Waals surface area contributed by atoms with Gasteiger partial charge in [-0.25, -0.2) is 0 Å². The lowest BCUT2D eigenvalue weighted by molar-refractivity contribution is 0.740. The number of hydrogen-bond acceptors (Lipinski definition) is 2. The van der Waals surface area contributed by atoms with Crippen LogP contribution in [-0.4, -0.2) is 12.1 Å². The molecule has 2 unspecified atom stereocenters. The van der Waals surface area contributed by atoms with E-state index in [0.29, 0.717) is 0 Å². The van der Waals surface area contributed by atoms with Crippen LogP contribution in [0.3, 0.4) is 0 Å². The van der Waals surface area contributed by atoms with E-state index in [1.807, 2.05) is 19.9 Å². The van der Waals surface area contributed by atoms with E-state index in [-0.39, 0.29) is 12.1 Å². The highest BCUT2D eigenvalue weighted by Crippen LogP contribution is 2.35. The van der Waals surface area contributed by atoms with Gasteiger partial charge in [-0.1, -0.05) is 41.9 Å². The largest absolute Gasteiger partial charge is 0.328 e. The lowest BCUT2D eigenvalue weighted by atomic mass is 9.87. The first-order valence-corrected chi connectivity index (χ1v) is 8.48. The summed E-state index contributed by atoms with van der Waals surface area (Å²) in [6.45, 7) is 4.09. The van der Waals surface area contributed by atoms with Gasteiger partial charge in [-0.05, 0) is 71.5 Å². The number of benzene rings is 3. The van der Waals surface area contributed by atoms with Crippen molar-refractivity contribution in [2.45, 2.75) is 38.8 Å².